The van der Waals surface area contributed by atoms with E-state index in [0.717, 1.165) is 5.01 Å². The van der Waals surface area contributed by atoms with Crippen molar-refractivity contribution < 1.29 is 17.6 Å². The first kappa shape index (κ1) is 11.7. The van der Waals surface area contributed by atoms with Gasteiger partial charge in [0.05, 0.1) is 5.70 Å². The van der Waals surface area contributed by atoms with Gasteiger partial charge in [-0.25, -0.2) is 17.6 Å². The second kappa shape index (κ2) is 4.46. The molecule has 1 rings (SSSR count). The molecular formula is C9H10F4N2. The van der Waals surface area contributed by atoms with E-state index in [1.165, 1.54) is 13.1 Å². The Labute approximate surface area is 84.6 Å². The van der Waals surface area contributed by atoms with E-state index in [-0.39, 0.29) is 17.8 Å². The number of halogens is 4. The number of hydrogen-bond acceptors (Lipinski definition) is 2. The molecule has 0 fully saturated rings. The van der Waals surface area contributed by atoms with Gasteiger partial charge in [-0.2, -0.15) is 5.10 Å². The monoisotopic (exact) mass is 222 g/mol. The minimum absolute atomic E-state index is 0.0920. The second-order valence-electron chi connectivity index (χ2n) is 3.04. The van der Waals surface area contributed by atoms with Gasteiger partial charge >= 0.3 is 0 Å². The maximum atomic E-state index is 12.3. The highest BCUT2D eigenvalue weighted by Gasteiger charge is 2.23. The predicted octanol–water partition coefficient (Wildman–Crippen LogP) is 2.65. The lowest BCUT2D eigenvalue weighted by atomic mass is 10.1. The Morgan fingerprint density at radius 1 is 1.47 bits per heavy atom. The number of hydrogen-bond donors (Lipinski definition) is 0. The molecule has 0 aromatic rings. The third-order valence-corrected chi connectivity index (χ3v) is 1.98. The fourth-order valence-corrected chi connectivity index (χ4v) is 1.20. The summed E-state index contributed by atoms with van der Waals surface area (Å²) in [4.78, 5) is 0. The van der Waals surface area contributed by atoms with Crippen molar-refractivity contribution in [3.8, 4) is 0 Å². The lowest BCUT2D eigenvalue weighted by molar-refractivity contribution is 0.185. The van der Waals surface area contributed by atoms with Crippen LogP contribution in [0.2, 0.25) is 0 Å². The quantitative estimate of drug-likeness (QED) is 0.670. The van der Waals surface area contributed by atoms with E-state index in [0.29, 0.717) is 0 Å². The lowest BCUT2D eigenvalue weighted by Gasteiger charge is -2.24. The summed E-state index contributed by atoms with van der Waals surface area (Å²) < 4.78 is 49.0. The molecule has 0 N–H and O–H groups in total. The molecule has 0 atom stereocenters. The van der Waals surface area contributed by atoms with E-state index in [2.05, 4.69) is 11.7 Å². The van der Waals surface area contributed by atoms with Gasteiger partial charge in [0.2, 0.25) is 0 Å². The van der Waals surface area contributed by atoms with Crippen molar-refractivity contribution in [2.24, 2.45) is 5.10 Å². The molecule has 1 aliphatic heterocycles. The molecule has 0 spiro atoms. The summed E-state index contributed by atoms with van der Waals surface area (Å²) in [5, 5.41) is 4.50. The van der Waals surface area contributed by atoms with Gasteiger partial charge < -0.3 is 0 Å². The third-order valence-electron chi connectivity index (χ3n) is 1.98. The van der Waals surface area contributed by atoms with Crippen molar-refractivity contribution in [1.29, 1.82) is 0 Å². The Morgan fingerprint density at radius 2 is 2.07 bits per heavy atom. The Bertz CT molecular complexity index is 320. The molecule has 15 heavy (non-hydrogen) atoms. The summed E-state index contributed by atoms with van der Waals surface area (Å²) in [6.45, 7) is 3.18. The number of likely N-dealkylation sites (N-methyl/N-ethyl adjacent to an activating group) is 1. The molecule has 1 heterocycles. The van der Waals surface area contributed by atoms with Crippen molar-refractivity contribution in [3.05, 3.63) is 23.9 Å². The van der Waals surface area contributed by atoms with E-state index in [9.17, 15) is 17.6 Å². The Kier molecular flexibility index (Phi) is 3.49. The van der Waals surface area contributed by atoms with E-state index in [1.54, 1.807) is 0 Å². The number of allylic oxidation sites excluding steroid dienone is 2. The summed E-state index contributed by atoms with van der Waals surface area (Å²) in [7, 11) is 1.33. The fourth-order valence-electron chi connectivity index (χ4n) is 1.20. The summed E-state index contributed by atoms with van der Waals surface area (Å²) >= 11 is 0. The molecule has 84 valence electrons. The van der Waals surface area contributed by atoms with Gasteiger partial charge in [-0.3, -0.25) is 5.01 Å². The van der Waals surface area contributed by atoms with Crippen LogP contribution in [0.15, 0.2) is 29.0 Å². The molecule has 0 radical (unpaired) electrons. The fraction of sp³-hybridized carbons (Fsp3) is 0.444. The number of alkyl halides is 4. The molecule has 0 saturated carbocycles. The maximum Gasteiger partial charge on any atom is 0.278 e. The van der Waals surface area contributed by atoms with Crippen molar-refractivity contribution in [1.82, 2.24) is 5.01 Å². The highest BCUT2D eigenvalue weighted by Crippen LogP contribution is 2.24. The van der Waals surface area contributed by atoms with Crippen molar-refractivity contribution >= 4 is 5.71 Å². The number of rotatable bonds is 3. The Hall–Kier alpha value is -1.33. The normalized spacial score (nSPS) is 16.9. The standard InChI is InChI=1S/C9H10F4N2/c1-5(8(10)11)7-4-3-6(9(12)13)14-15(7)2/h4,8-9H,1,3H2,2H3. The molecule has 0 aromatic heterocycles. The van der Waals surface area contributed by atoms with Gasteiger partial charge in [-0.05, 0) is 0 Å². The van der Waals surface area contributed by atoms with Crippen molar-refractivity contribution in [3.63, 3.8) is 0 Å². The zero-order chi connectivity index (χ0) is 11.6. The van der Waals surface area contributed by atoms with Crippen LogP contribution in [0.3, 0.4) is 0 Å². The van der Waals surface area contributed by atoms with Gasteiger partial charge in [0.25, 0.3) is 12.9 Å². The first-order chi connectivity index (χ1) is 6.93. The van der Waals surface area contributed by atoms with E-state index >= 15 is 0 Å². The smallest absolute Gasteiger partial charge is 0.268 e. The zero-order valence-electron chi connectivity index (χ0n) is 8.05. The first-order valence-electron chi connectivity index (χ1n) is 4.20. The topological polar surface area (TPSA) is 15.6 Å². The summed E-state index contributed by atoms with van der Waals surface area (Å²) in [6.07, 6.45) is -4.21. The highest BCUT2D eigenvalue weighted by atomic mass is 19.3. The van der Waals surface area contributed by atoms with Gasteiger partial charge in [0.1, 0.15) is 5.71 Å². The molecule has 1 aliphatic rings. The average Bonchev–Trinajstić information content (AvgIpc) is 2.16. The summed E-state index contributed by atoms with van der Waals surface area (Å²) in [5.41, 5.74) is -0.646. The highest BCUT2D eigenvalue weighted by molar-refractivity contribution is 5.89. The van der Waals surface area contributed by atoms with E-state index in [1.807, 2.05) is 0 Å². The van der Waals surface area contributed by atoms with Crippen molar-refractivity contribution in [2.75, 3.05) is 7.05 Å². The zero-order valence-corrected chi connectivity index (χ0v) is 8.05. The van der Waals surface area contributed by atoms with E-state index in [4.69, 9.17) is 0 Å². The number of nitrogens with zero attached hydrogens (tertiary/aromatic N) is 2. The van der Waals surface area contributed by atoms with Crippen LogP contribution in [0.1, 0.15) is 6.42 Å². The molecule has 0 aromatic carbocycles. The first-order valence-corrected chi connectivity index (χ1v) is 4.20. The van der Waals surface area contributed by atoms with Gasteiger partial charge in [-0.15, -0.1) is 0 Å². The molecule has 0 saturated heterocycles. The molecule has 2 nitrogen and oxygen atoms in total. The van der Waals surface area contributed by atoms with Crippen LogP contribution in [0, 0.1) is 0 Å². The molecule has 0 aliphatic carbocycles. The molecule has 6 heteroatoms. The Morgan fingerprint density at radius 3 is 2.47 bits per heavy atom. The third kappa shape index (κ3) is 2.57. The van der Waals surface area contributed by atoms with Crippen LogP contribution in [0.5, 0.6) is 0 Å². The summed E-state index contributed by atoms with van der Waals surface area (Å²) in [5.74, 6) is 0. The van der Waals surface area contributed by atoms with Crippen LogP contribution in [0.4, 0.5) is 17.6 Å². The molecule has 0 unspecified atom stereocenters. The lowest BCUT2D eigenvalue weighted by Crippen LogP contribution is -2.24. The van der Waals surface area contributed by atoms with Crippen LogP contribution in [-0.2, 0) is 0 Å². The minimum Gasteiger partial charge on any atom is -0.268 e. The average molecular weight is 222 g/mol. The molecule has 0 amide bonds. The van der Waals surface area contributed by atoms with E-state index < -0.39 is 18.4 Å². The largest absolute Gasteiger partial charge is 0.278 e. The van der Waals surface area contributed by atoms with Crippen molar-refractivity contribution in [2.45, 2.75) is 19.3 Å². The second-order valence-corrected chi connectivity index (χ2v) is 3.04. The SMILES string of the molecule is C=C(C1=CCC(C(F)F)=NN1C)C(F)F. The minimum atomic E-state index is -2.71. The van der Waals surface area contributed by atoms with Gasteiger partial charge in [-0.1, -0.05) is 12.7 Å². The van der Waals surface area contributed by atoms with Crippen LogP contribution < -0.4 is 0 Å². The van der Waals surface area contributed by atoms with Crippen LogP contribution in [-0.4, -0.2) is 30.6 Å². The molecular weight excluding hydrogens is 212 g/mol. The maximum absolute atomic E-state index is 12.3. The Balaban J connectivity index is 2.79. The van der Waals surface area contributed by atoms with Gasteiger partial charge in [0.15, 0.2) is 0 Å². The molecule has 0 bridgehead atoms. The van der Waals surface area contributed by atoms with Crippen LogP contribution in [0.25, 0.3) is 0 Å². The number of hydrazone groups is 1. The summed E-state index contributed by atoms with van der Waals surface area (Å²) in [6, 6.07) is 0. The van der Waals surface area contributed by atoms with Gasteiger partial charge in [0, 0.05) is 19.0 Å². The van der Waals surface area contributed by atoms with Crippen LogP contribution >= 0.6 is 0 Å². The predicted molar refractivity (Wildman–Crippen MR) is 49.0 cm³/mol.